The molecule has 1 aromatic carbocycles. The molecule has 0 amide bonds. The lowest BCUT2D eigenvalue weighted by Gasteiger charge is -2.55. The maximum Gasteiger partial charge on any atom is 0.160 e. The number of fused-ring (bicyclic) bond motifs is 2. The van der Waals surface area contributed by atoms with Gasteiger partial charge in [-0.05, 0) is 36.5 Å². The third kappa shape index (κ3) is 2.36. The Morgan fingerprint density at radius 2 is 2.09 bits per heavy atom. The molecule has 1 heterocycles. The molecule has 0 aromatic heterocycles. The lowest BCUT2D eigenvalue weighted by molar-refractivity contribution is -0.165. The van der Waals surface area contributed by atoms with E-state index >= 15 is 0 Å². The van der Waals surface area contributed by atoms with Crippen LogP contribution < -0.4 is 4.74 Å². The third-order valence-corrected chi connectivity index (χ3v) is 6.08. The van der Waals surface area contributed by atoms with Crippen LogP contribution in [0.2, 0.25) is 0 Å². The van der Waals surface area contributed by atoms with Crippen LogP contribution in [-0.4, -0.2) is 30.5 Å². The van der Waals surface area contributed by atoms with E-state index in [0.29, 0.717) is 24.2 Å². The molecule has 2 N–H and O–H groups in total. The fourth-order valence-corrected chi connectivity index (χ4v) is 4.46. The zero-order chi connectivity index (χ0) is 16.8. The van der Waals surface area contributed by atoms with Gasteiger partial charge < -0.3 is 19.7 Å². The summed E-state index contributed by atoms with van der Waals surface area (Å²) in [6.45, 7) is 7.22. The molecule has 1 fully saturated rings. The van der Waals surface area contributed by atoms with Gasteiger partial charge in [-0.1, -0.05) is 31.6 Å². The van der Waals surface area contributed by atoms with Crippen LogP contribution in [0.3, 0.4) is 0 Å². The summed E-state index contributed by atoms with van der Waals surface area (Å²) < 4.78 is 11.5. The molecular formula is C19H26O4. The minimum absolute atomic E-state index is 0.0806. The summed E-state index contributed by atoms with van der Waals surface area (Å²) in [5, 5.41) is 19.9. The SMILES string of the molecule is COc1cc([C@@H]2OC[C@@]3(CO)[C@H](C)C=C(C)[C@H]2[C@@H]3C)ccc1O. The molecule has 2 aliphatic rings. The highest BCUT2D eigenvalue weighted by atomic mass is 16.5. The molecule has 0 unspecified atom stereocenters. The van der Waals surface area contributed by atoms with Crippen LogP contribution in [0.4, 0.5) is 0 Å². The Kier molecular flexibility index (Phi) is 4.15. The fourth-order valence-electron chi connectivity index (χ4n) is 4.46. The first kappa shape index (κ1) is 16.3. The predicted molar refractivity (Wildman–Crippen MR) is 88.4 cm³/mol. The number of hydrogen-bond acceptors (Lipinski definition) is 4. The molecule has 1 saturated heterocycles. The van der Waals surface area contributed by atoms with Crippen LogP contribution in [0.5, 0.6) is 11.5 Å². The molecule has 1 aromatic rings. The molecule has 126 valence electrons. The number of allylic oxidation sites excluding steroid dienone is 1. The van der Waals surface area contributed by atoms with E-state index in [2.05, 4.69) is 26.8 Å². The largest absolute Gasteiger partial charge is 0.504 e. The number of methoxy groups -OCH3 is 1. The summed E-state index contributed by atoms with van der Waals surface area (Å²) >= 11 is 0. The van der Waals surface area contributed by atoms with Gasteiger partial charge >= 0.3 is 0 Å². The lowest BCUT2D eigenvalue weighted by atomic mass is 9.56. The fraction of sp³-hybridized carbons (Fsp3) is 0.579. The molecular weight excluding hydrogens is 292 g/mol. The maximum absolute atomic E-state index is 10.0. The number of benzene rings is 1. The van der Waals surface area contributed by atoms with Crippen LogP contribution >= 0.6 is 0 Å². The molecule has 4 nitrogen and oxygen atoms in total. The minimum atomic E-state index is -0.207. The van der Waals surface area contributed by atoms with Crippen molar-refractivity contribution in [2.24, 2.45) is 23.2 Å². The summed E-state index contributed by atoms with van der Waals surface area (Å²) in [4.78, 5) is 0. The minimum Gasteiger partial charge on any atom is -0.504 e. The van der Waals surface area contributed by atoms with E-state index < -0.39 is 0 Å². The summed E-state index contributed by atoms with van der Waals surface area (Å²) in [6, 6.07) is 5.40. The zero-order valence-electron chi connectivity index (χ0n) is 14.2. The molecule has 0 spiro atoms. The number of ether oxygens (including phenoxy) is 2. The van der Waals surface area contributed by atoms with Crippen LogP contribution in [0, 0.1) is 23.2 Å². The van der Waals surface area contributed by atoms with E-state index in [1.54, 1.807) is 13.2 Å². The van der Waals surface area contributed by atoms with E-state index in [-0.39, 0.29) is 29.8 Å². The van der Waals surface area contributed by atoms with Gasteiger partial charge in [-0.3, -0.25) is 0 Å². The van der Waals surface area contributed by atoms with Gasteiger partial charge in [-0.25, -0.2) is 0 Å². The second-order valence-corrected chi connectivity index (χ2v) is 7.07. The van der Waals surface area contributed by atoms with E-state index in [1.165, 1.54) is 5.57 Å². The summed E-state index contributed by atoms with van der Waals surface area (Å²) in [5.74, 6) is 1.44. The smallest absolute Gasteiger partial charge is 0.160 e. The van der Waals surface area contributed by atoms with Crippen LogP contribution in [0.15, 0.2) is 29.8 Å². The van der Waals surface area contributed by atoms with Crippen molar-refractivity contribution in [1.82, 2.24) is 0 Å². The van der Waals surface area contributed by atoms with Crippen LogP contribution in [0.1, 0.15) is 32.4 Å². The predicted octanol–water partition coefficient (Wildman–Crippen LogP) is 3.30. The number of rotatable bonds is 3. The second kappa shape index (κ2) is 5.84. The Labute approximate surface area is 137 Å². The highest BCUT2D eigenvalue weighted by molar-refractivity contribution is 5.43. The van der Waals surface area contributed by atoms with Crippen LogP contribution in [-0.2, 0) is 4.74 Å². The Bertz CT molecular complexity index is 624. The Morgan fingerprint density at radius 3 is 2.74 bits per heavy atom. The Hall–Kier alpha value is -1.52. The van der Waals surface area contributed by atoms with E-state index in [9.17, 15) is 10.2 Å². The molecule has 4 heteroatoms. The van der Waals surface area contributed by atoms with Crippen molar-refractivity contribution in [3.63, 3.8) is 0 Å². The number of phenolic OH excluding ortho intramolecular Hbond substituents is 1. The standard InChI is InChI=1S/C19H26O4/c1-11-7-12(2)19(9-20)10-23-18(17(11)13(19)3)14-5-6-15(21)16(8-14)22-4/h5-8,12-13,17-18,20-21H,9-10H2,1-4H3/t12-,13+,17+,18+,19+/m1/s1. The van der Waals surface area contributed by atoms with Gasteiger partial charge in [0.15, 0.2) is 11.5 Å². The van der Waals surface area contributed by atoms with Gasteiger partial charge in [0, 0.05) is 11.3 Å². The van der Waals surface area contributed by atoms with Gasteiger partial charge in [-0.15, -0.1) is 0 Å². The number of aliphatic hydroxyl groups excluding tert-OH is 1. The summed E-state index contributed by atoms with van der Waals surface area (Å²) in [5.41, 5.74) is 2.11. The van der Waals surface area contributed by atoms with Crippen molar-refractivity contribution in [2.75, 3.05) is 20.3 Å². The first-order valence-corrected chi connectivity index (χ1v) is 8.22. The average molecular weight is 318 g/mol. The van der Waals surface area contributed by atoms with Crippen molar-refractivity contribution in [1.29, 1.82) is 0 Å². The van der Waals surface area contributed by atoms with Crippen LogP contribution in [0.25, 0.3) is 0 Å². The quantitative estimate of drug-likeness (QED) is 0.840. The van der Waals surface area contributed by atoms with E-state index in [1.807, 2.05) is 12.1 Å². The number of phenols is 1. The summed E-state index contributed by atoms with van der Waals surface area (Å²) in [7, 11) is 1.55. The molecule has 3 rings (SSSR count). The van der Waals surface area contributed by atoms with Gasteiger partial charge in [-0.2, -0.15) is 0 Å². The Morgan fingerprint density at radius 1 is 1.35 bits per heavy atom. The molecule has 0 saturated carbocycles. The highest BCUT2D eigenvalue weighted by Crippen LogP contribution is 2.56. The molecule has 2 bridgehead atoms. The van der Waals surface area contributed by atoms with E-state index in [0.717, 1.165) is 5.56 Å². The van der Waals surface area contributed by atoms with Crippen molar-refractivity contribution in [3.05, 3.63) is 35.4 Å². The first-order chi connectivity index (χ1) is 10.9. The lowest BCUT2D eigenvalue weighted by Crippen LogP contribution is -2.53. The monoisotopic (exact) mass is 318 g/mol. The van der Waals surface area contributed by atoms with Crippen molar-refractivity contribution >= 4 is 0 Å². The highest BCUT2D eigenvalue weighted by Gasteiger charge is 2.53. The molecule has 5 atom stereocenters. The van der Waals surface area contributed by atoms with Gasteiger partial charge in [0.1, 0.15) is 0 Å². The maximum atomic E-state index is 10.0. The number of aromatic hydroxyl groups is 1. The molecule has 0 radical (unpaired) electrons. The van der Waals surface area contributed by atoms with Gasteiger partial charge in [0.2, 0.25) is 0 Å². The normalized spacial score (nSPS) is 36.5. The molecule has 23 heavy (non-hydrogen) atoms. The van der Waals surface area contributed by atoms with Gasteiger partial charge in [0.25, 0.3) is 0 Å². The molecule has 1 aliphatic carbocycles. The van der Waals surface area contributed by atoms with E-state index in [4.69, 9.17) is 9.47 Å². The number of hydrogen-bond donors (Lipinski definition) is 2. The second-order valence-electron chi connectivity index (χ2n) is 7.07. The average Bonchev–Trinajstić information content (AvgIpc) is 2.53. The van der Waals surface area contributed by atoms with Crippen molar-refractivity contribution < 1.29 is 19.7 Å². The summed E-state index contributed by atoms with van der Waals surface area (Å²) in [6.07, 6.45) is 2.21. The van der Waals surface area contributed by atoms with Gasteiger partial charge in [0.05, 0.1) is 26.4 Å². The Balaban J connectivity index is 2.02. The first-order valence-electron chi connectivity index (χ1n) is 8.22. The van der Waals surface area contributed by atoms with Crippen molar-refractivity contribution in [2.45, 2.75) is 26.9 Å². The number of aliphatic hydroxyl groups is 1. The topological polar surface area (TPSA) is 58.9 Å². The zero-order valence-corrected chi connectivity index (χ0v) is 14.2. The van der Waals surface area contributed by atoms with Crippen molar-refractivity contribution in [3.8, 4) is 11.5 Å². The third-order valence-electron chi connectivity index (χ3n) is 6.08. The molecule has 1 aliphatic heterocycles.